The molecule has 1 rings (SSSR count). The van der Waals surface area contributed by atoms with Crippen LogP contribution in [0.4, 0.5) is 0 Å². The quantitative estimate of drug-likeness (QED) is 0.712. The van der Waals surface area contributed by atoms with E-state index in [1.54, 1.807) is 14.2 Å². The summed E-state index contributed by atoms with van der Waals surface area (Å²) in [6.07, 6.45) is 5.88. The van der Waals surface area contributed by atoms with Gasteiger partial charge in [0.25, 0.3) is 0 Å². The normalized spacial score (nSPS) is 12.6. The lowest BCUT2D eigenvalue weighted by Gasteiger charge is -2.02. The summed E-state index contributed by atoms with van der Waals surface area (Å²) in [5.41, 5.74) is 2.14. The van der Waals surface area contributed by atoms with E-state index in [-0.39, 0.29) is 0 Å². The van der Waals surface area contributed by atoms with Gasteiger partial charge in [-0.1, -0.05) is 6.07 Å². The second-order valence-electron chi connectivity index (χ2n) is 2.99. The van der Waals surface area contributed by atoms with E-state index in [9.17, 15) is 0 Å². The summed E-state index contributed by atoms with van der Waals surface area (Å²) in [6, 6.07) is 4.05. The van der Waals surface area contributed by atoms with Crippen molar-refractivity contribution in [2.45, 2.75) is 6.92 Å². The van der Waals surface area contributed by atoms with Crippen LogP contribution in [0.1, 0.15) is 5.56 Å². The summed E-state index contributed by atoms with van der Waals surface area (Å²) in [6.45, 7) is 2.66. The van der Waals surface area contributed by atoms with Crippen molar-refractivity contribution in [2.24, 2.45) is 4.99 Å². The van der Waals surface area contributed by atoms with Crippen molar-refractivity contribution in [3.05, 3.63) is 35.5 Å². The molecule has 1 aromatic rings. The van der Waals surface area contributed by atoms with Crippen LogP contribution >= 0.6 is 0 Å². The fraction of sp³-hybridized carbons (Fsp3) is 0.364. The molecule has 0 spiro atoms. The van der Waals surface area contributed by atoms with Crippen LogP contribution in [-0.4, -0.2) is 25.3 Å². The van der Waals surface area contributed by atoms with Crippen molar-refractivity contribution in [3.8, 4) is 0 Å². The third kappa shape index (κ3) is 2.57. The number of hydrogen-bond donors (Lipinski definition) is 0. The Bertz CT molecular complexity index is 377. The van der Waals surface area contributed by atoms with Crippen molar-refractivity contribution in [3.63, 3.8) is 0 Å². The van der Waals surface area contributed by atoms with E-state index in [1.165, 1.54) is 0 Å². The highest BCUT2D eigenvalue weighted by Crippen LogP contribution is 1.90. The molecule has 76 valence electrons. The highest BCUT2D eigenvalue weighted by atomic mass is 16.5. The number of methoxy groups -OCH3 is 1. The number of hydrogen-bond acceptors (Lipinski definition) is 2. The van der Waals surface area contributed by atoms with Gasteiger partial charge in [0.1, 0.15) is 5.49 Å². The summed E-state index contributed by atoms with van der Waals surface area (Å²) in [5.74, 6) is 0. The Morgan fingerprint density at radius 1 is 1.57 bits per heavy atom. The molecule has 0 unspecified atom stereocenters. The fourth-order valence-electron chi connectivity index (χ4n) is 1.29. The van der Waals surface area contributed by atoms with Gasteiger partial charge in [0.15, 0.2) is 0 Å². The maximum Gasteiger partial charge on any atom is 0.134 e. The molecule has 0 aromatic carbocycles. The highest BCUT2D eigenvalue weighted by Gasteiger charge is 1.91. The van der Waals surface area contributed by atoms with Gasteiger partial charge in [-0.15, -0.1) is 0 Å². The molecule has 0 N–H and O–H groups in total. The molecule has 0 aliphatic rings. The van der Waals surface area contributed by atoms with E-state index in [1.807, 2.05) is 42.1 Å². The van der Waals surface area contributed by atoms with Crippen molar-refractivity contribution in [1.29, 1.82) is 0 Å². The number of pyridine rings is 1. The van der Waals surface area contributed by atoms with Gasteiger partial charge in [0.05, 0.1) is 6.61 Å². The summed E-state index contributed by atoms with van der Waals surface area (Å²) in [5, 5.41) is 0. The topological polar surface area (TPSA) is 26.5 Å². The van der Waals surface area contributed by atoms with Crippen LogP contribution < -0.4 is 5.49 Å². The third-order valence-electron chi connectivity index (χ3n) is 1.93. The van der Waals surface area contributed by atoms with Crippen LogP contribution in [-0.2, 0) is 4.74 Å². The van der Waals surface area contributed by atoms with Gasteiger partial charge in [-0.3, -0.25) is 4.99 Å². The number of ether oxygens (including phenoxy) is 1. The Kier molecular flexibility index (Phi) is 4.13. The first-order valence-corrected chi connectivity index (χ1v) is 4.55. The minimum absolute atomic E-state index is 0.615. The molecule has 3 heteroatoms. The second-order valence-corrected chi connectivity index (χ2v) is 2.99. The first kappa shape index (κ1) is 10.7. The molecule has 0 atom stereocenters. The van der Waals surface area contributed by atoms with Gasteiger partial charge in [-0.05, 0) is 24.6 Å². The van der Waals surface area contributed by atoms with E-state index in [0.717, 1.165) is 11.1 Å². The molecular weight excluding hydrogens is 176 g/mol. The summed E-state index contributed by atoms with van der Waals surface area (Å²) in [7, 11) is 3.47. The van der Waals surface area contributed by atoms with Gasteiger partial charge < -0.3 is 9.30 Å². The predicted molar refractivity (Wildman–Crippen MR) is 57.9 cm³/mol. The van der Waals surface area contributed by atoms with Gasteiger partial charge >= 0.3 is 0 Å². The SMILES string of the molecule is CN=c1c(C)cccn1/C=C/COC. The first-order chi connectivity index (χ1) is 6.79. The van der Waals surface area contributed by atoms with Crippen LogP contribution in [0.2, 0.25) is 0 Å². The summed E-state index contributed by atoms with van der Waals surface area (Å²) < 4.78 is 6.92. The van der Waals surface area contributed by atoms with Gasteiger partial charge in [-0.2, -0.15) is 0 Å². The van der Waals surface area contributed by atoms with Crippen LogP contribution in [0.15, 0.2) is 29.4 Å². The lowest BCUT2D eigenvalue weighted by atomic mass is 10.3. The minimum atomic E-state index is 0.615. The summed E-state index contributed by atoms with van der Waals surface area (Å²) in [4.78, 5) is 4.22. The molecule has 14 heavy (non-hydrogen) atoms. The van der Waals surface area contributed by atoms with Gasteiger partial charge in [0.2, 0.25) is 0 Å². The van der Waals surface area contributed by atoms with Crippen LogP contribution in [0.3, 0.4) is 0 Å². The molecule has 0 bridgehead atoms. The molecule has 0 saturated heterocycles. The number of nitrogens with zero attached hydrogens (tertiary/aromatic N) is 2. The molecular formula is C11H16N2O. The predicted octanol–water partition coefficient (Wildman–Crippen LogP) is 1.44. The van der Waals surface area contributed by atoms with E-state index in [2.05, 4.69) is 4.99 Å². The lowest BCUT2D eigenvalue weighted by Crippen LogP contribution is -2.18. The number of rotatable bonds is 3. The monoisotopic (exact) mass is 192 g/mol. The average Bonchev–Trinajstić information content (AvgIpc) is 2.18. The second kappa shape index (κ2) is 5.40. The Balaban J connectivity index is 3.03. The molecule has 3 nitrogen and oxygen atoms in total. The van der Waals surface area contributed by atoms with E-state index in [4.69, 9.17) is 4.74 Å². The van der Waals surface area contributed by atoms with Crippen molar-refractivity contribution in [1.82, 2.24) is 4.57 Å². The molecule has 1 heterocycles. The van der Waals surface area contributed by atoms with Crippen LogP contribution in [0.25, 0.3) is 6.20 Å². The third-order valence-corrected chi connectivity index (χ3v) is 1.93. The molecule has 1 aromatic heterocycles. The van der Waals surface area contributed by atoms with Gasteiger partial charge in [-0.25, -0.2) is 0 Å². The zero-order chi connectivity index (χ0) is 10.4. The zero-order valence-electron chi connectivity index (χ0n) is 8.90. The lowest BCUT2D eigenvalue weighted by molar-refractivity contribution is 0.234. The smallest absolute Gasteiger partial charge is 0.134 e. The maximum absolute atomic E-state index is 4.94. The largest absolute Gasteiger partial charge is 0.381 e. The van der Waals surface area contributed by atoms with Crippen LogP contribution in [0, 0.1) is 6.92 Å². The molecule has 0 fully saturated rings. The zero-order valence-corrected chi connectivity index (χ0v) is 8.90. The Morgan fingerprint density at radius 2 is 2.36 bits per heavy atom. The highest BCUT2D eigenvalue weighted by molar-refractivity contribution is 5.24. The molecule has 0 aliphatic heterocycles. The van der Waals surface area contributed by atoms with E-state index in [0.29, 0.717) is 6.61 Å². The number of aromatic nitrogens is 1. The van der Waals surface area contributed by atoms with E-state index >= 15 is 0 Å². The van der Waals surface area contributed by atoms with E-state index < -0.39 is 0 Å². The maximum atomic E-state index is 4.94. The first-order valence-electron chi connectivity index (χ1n) is 4.55. The molecule has 0 aliphatic carbocycles. The molecule has 0 amide bonds. The standard InChI is InChI=1S/C11H16N2O/c1-10-6-4-7-13(11(10)12-2)8-5-9-14-3/h4-8H,9H2,1-3H3/b8-5+,12-11?. The van der Waals surface area contributed by atoms with Crippen molar-refractivity contribution >= 4 is 6.20 Å². The molecule has 0 radical (unpaired) electrons. The molecule has 0 saturated carbocycles. The number of aryl methyl sites for hydroxylation is 1. The van der Waals surface area contributed by atoms with Crippen LogP contribution in [0.5, 0.6) is 0 Å². The average molecular weight is 192 g/mol. The Morgan fingerprint density at radius 3 is 3.00 bits per heavy atom. The van der Waals surface area contributed by atoms with Crippen molar-refractivity contribution < 1.29 is 4.74 Å². The Labute approximate surface area is 84.4 Å². The fourth-order valence-corrected chi connectivity index (χ4v) is 1.29. The minimum Gasteiger partial charge on any atom is -0.381 e. The summed E-state index contributed by atoms with van der Waals surface area (Å²) >= 11 is 0. The Hall–Kier alpha value is -1.35. The van der Waals surface area contributed by atoms with Crippen molar-refractivity contribution in [2.75, 3.05) is 20.8 Å². The van der Waals surface area contributed by atoms with Gasteiger partial charge in [0, 0.05) is 26.6 Å².